The zero-order valence-electron chi connectivity index (χ0n) is 18.6. The highest BCUT2D eigenvalue weighted by Gasteiger charge is 2.61. The van der Waals surface area contributed by atoms with Crippen LogP contribution in [0, 0.1) is 29.4 Å². The van der Waals surface area contributed by atoms with Crippen LogP contribution >= 0.6 is 0 Å². The SMILES string of the molecule is CC(C)(C)OC(=O)C1C2CN(c3c(F)cc(N4C[C@@H](Cn5ccnn5)OC4=O)cc3F)CC21. The van der Waals surface area contributed by atoms with Crippen molar-refractivity contribution >= 4 is 23.4 Å². The number of anilines is 2. The summed E-state index contributed by atoms with van der Waals surface area (Å²) >= 11 is 0. The molecule has 1 aromatic carbocycles. The molecule has 3 heterocycles. The summed E-state index contributed by atoms with van der Waals surface area (Å²) in [6, 6.07) is 2.29. The van der Waals surface area contributed by atoms with Crippen LogP contribution in [-0.2, 0) is 20.8 Å². The van der Waals surface area contributed by atoms with Crippen molar-refractivity contribution in [1.82, 2.24) is 15.0 Å². The van der Waals surface area contributed by atoms with Gasteiger partial charge in [-0.1, -0.05) is 5.21 Å². The molecule has 0 bridgehead atoms. The Hall–Kier alpha value is -3.24. The molecule has 0 N–H and O–H groups in total. The molecule has 1 amide bonds. The normalized spacial score (nSPS) is 26.4. The van der Waals surface area contributed by atoms with E-state index >= 15 is 0 Å². The molecule has 3 atom stereocenters. The number of benzene rings is 1. The first-order valence-corrected chi connectivity index (χ1v) is 10.9. The number of nitrogens with zero attached hydrogens (tertiary/aromatic N) is 5. The average Bonchev–Trinajstić information content (AvgIpc) is 3.13. The topological polar surface area (TPSA) is 89.8 Å². The molecule has 11 heteroatoms. The second-order valence-corrected chi connectivity index (χ2v) is 9.79. The number of carbonyl (C=O) groups is 2. The van der Waals surface area contributed by atoms with E-state index in [4.69, 9.17) is 9.47 Å². The van der Waals surface area contributed by atoms with Crippen LogP contribution in [0.1, 0.15) is 20.8 Å². The van der Waals surface area contributed by atoms with Crippen molar-refractivity contribution in [3.8, 4) is 0 Å². The highest BCUT2D eigenvalue weighted by molar-refractivity contribution is 5.90. The summed E-state index contributed by atoms with van der Waals surface area (Å²) in [5.74, 6) is -1.91. The molecular formula is C22H25F2N5O4. The van der Waals surface area contributed by atoms with Crippen LogP contribution in [0.5, 0.6) is 0 Å². The van der Waals surface area contributed by atoms with Gasteiger partial charge in [-0.25, -0.2) is 18.3 Å². The zero-order valence-corrected chi connectivity index (χ0v) is 18.6. The third-order valence-electron chi connectivity index (χ3n) is 6.24. The van der Waals surface area contributed by atoms with Crippen molar-refractivity contribution in [2.75, 3.05) is 29.4 Å². The number of hydrogen-bond acceptors (Lipinski definition) is 7. The van der Waals surface area contributed by atoms with Crippen LogP contribution in [0.25, 0.3) is 0 Å². The first-order chi connectivity index (χ1) is 15.6. The van der Waals surface area contributed by atoms with Gasteiger partial charge in [-0.2, -0.15) is 0 Å². The molecule has 2 aliphatic heterocycles. The number of piperidine rings is 1. The van der Waals surface area contributed by atoms with Gasteiger partial charge in [0.25, 0.3) is 0 Å². The first-order valence-electron chi connectivity index (χ1n) is 10.9. The van der Waals surface area contributed by atoms with E-state index in [-0.39, 0.29) is 41.6 Å². The maximum absolute atomic E-state index is 15.0. The van der Waals surface area contributed by atoms with Gasteiger partial charge in [0.15, 0.2) is 11.6 Å². The smallest absolute Gasteiger partial charge is 0.414 e. The molecule has 3 aliphatic rings. The first kappa shape index (κ1) is 21.6. The molecule has 1 aromatic heterocycles. The highest BCUT2D eigenvalue weighted by atomic mass is 19.1. The fraction of sp³-hybridized carbons (Fsp3) is 0.545. The zero-order chi connectivity index (χ0) is 23.5. The summed E-state index contributed by atoms with van der Waals surface area (Å²) < 4.78 is 42.3. The summed E-state index contributed by atoms with van der Waals surface area (Å²) in [4.78, 5) is 27.4. The molecule has 1 saturated carbocycles. The summed E-state index contributed by atoms with van der Waals surface area (Å²) in [7, 11) is 0. The van der Waals surface area contributed by atoms with E-state index in [1.165, 1.54) is 15.8 Å². The van der Waals surface area contributed by atoms with Crippen molar-refractivity contribution in [3.05, 3.63) is 36.2 Å². The minimum atomic E-state index is -0.757. The molecule has 33 heavy (non-hydrogen) atoms. The Labute approximate surface area is 189 Å². The average molecular weight is 461 g/mol. The number of ether oxygens (including phenoxy) is 2. The van der Waals surface area contributed by atoms with Gasteiger partial charge >= 0.3 is 12.1 Å². The highest BCUT2D eigenvalue weighted by Crippen LogP contribution is 2.54. The third kappa shape index (κ3) is 4.11. The predicted molar refractivity (Wildman–Crippen MR) is 113 cm³/mol. The molecule has 2 unspecified atom stereocenters. The van der Waals surface area contributed by atoms with E-state index in [2.05, 4.69) is 10.3 Å². The Balaban J connectivity index is 1.25. The lowest BCUT2D eigenvalue weighted by molar-refractivity contribution is -0.157. The Bertz CT molecular complexity index is 1050. The molecule has 2 saturated heterocycles. The second-order valence-electron chi connectivity index (χ2n) is 9.79. The number of amides is 1. The van der Waals surface area contributed by atoms with Gasteiger partial charge in [0.05, 0.1) is 30.9 Å². The van der Waals surface area contributed by atoms with E-state index in [9.17, 15) is 18.4 Å². The minimum Gasteiger partial charge on any atom is -0.460 e. The lowest BCUT2D eigenvalue weighted by Crippen LogP contribution is -2.31. The van der Waals surface area contributed by atoms with E-state index in [0.29, 0.717) is 19.6 Å². The third-order valence-corrected chi connectivity index (χ3v) is 6.24. The fourth-order valence-electron chi connectivity index (χ4n) is 4.80. The summed E-state index contributed by atoms with van der Waals surface area (Å²) in [6.07, 6.45) is 1.96. The number of esters is 1. The lowest BCUT2D eigenvalue weighted by atomic mass is 10.1. The van der Waals surface area contributed by atoms with Gasteiger partial charge in [-0.3, -0.25) is 9.69 Å². The quantitative estimate of drug-likeness (QED) is 0.633. The number of rotatable bonds is 5. The van der Waals surface area contributed by atoms with Crippen LogP contribution < -0.4 is 9.80 Å². The molecule has 176 valence electrons. The standard InChI is InChI=1S/C22H25F2N5O4/c1-22(2,3)33-20(30)18-14-10-27(11-15(14)18)19-16(23)6-12(7-17(19)24)29-9-13(32-21(29)31)8-28-5-4-25-26-28/h4-7,13-15,18H,8-11H2,1-3H3/t13-,14?,15?,18?/m1/s1. The Morgan fingerprint density at radius 3 is 2.42 bits per heavy atom. The number of cyclic esters (lactones) is 1. The van der Waals surface area contributed by atoms with Gasteiger partial charge < -0.3 is 14.4 Å². The van der Waals surface area contributed by atoms with Crippen LogP contribution in [0.3, 0.4) is 0 Å². The largest absolute Gasteiger partial charge is 0.460 e. The molecule has 1 aliphatic carbocycles. The fourth-order valence-corrected chi connectivity index (χ4v) is 4.80. The van der Waals surface area contributed by atoms with E-state index in [1.54, 1.807) is 11.1 Å². The molecular weight excluding hydrogens is 436 g/mol. The molecule has 0 radical (unpaired) electrons. The molecule has 2 aromatic rings. The van der Waals surface area contributed by atoms with Crippen molar-refractivity contribution in [2.24, 2.45) is 17.8 Å². The monoisotopic (exact) mass is 461 g/mol. The number of carbonyl (C=O) groups excluding carboxylic acids is 2. The Kier molecular flexibility index (Phi) is 5.02. The minimum absolute atomic E-state index is 0.0319. The summed E-state index contributed by atoms with van der Waals surface area (Å²) in [5.41, 5.74) is -0.608. The van der Waals surface area contributed by atoms with Gasteiger partial charge in [-0.05, 0) is 32.6 Å². The summed E-state index contributed by atoms with van der Waals surface area (Å²) in [6.45, 7) is 6.64. The Morgan fingerprint density at radius 2 is 1.85 bits per heavy atom. The van der Waals surface area contributed by atoms with E-state index < -0.39 is 29.4 Å². The Morgan fingerprint density at radius 1 is 1.18 bits per heavy atom. The van der Waals surface area contributed by atoms with Crippen molar-refractivity contribution in [1.29, 1.82) is 0 Å². The summed E-state index contributed by atoms with van der Waals surface area (Å²) in [5, 5.41) is 7.53. The second kappa shape index (κ2) is 7.67. The number of hydrogen-bond donors (Lipinski definition) is 0. The predicted octanol–water partition coefficient (Wildman–Crippen LogP) is 2.61. The van der Waals surface area contributed by atoms with E-state index in [1.807, 2.05) is 20.8 Å². The number of halogens is 2. The number of fused-ring (bicyclic) bond motifs is 1. The molecule has 0 spiro atoms. The van der Waals surface area contributed by atoms with Crippen LogP contribution in [0.4, 0.5) is 25.0 Å². The molecule has 3 fully saturated rings. The van der Waals surface area contributed by atoms with Gasteiger partial charge in [0, 0.05) is 31.4 Å². The van der Waals surface area contributed by atoms with Gasteiger partial charge in [0.1, 0.15) is 17.4 Å². The lowest BCUT2D eigenvalue weighted by Gasteiger charge is -2.25. The van der Waals surface area contributed by atoms with Crippen molar-refractivity contribution in [3.63, 3.8) is 0 Å². The molecule has 5 rings (SSSR count). The molecule has 9 nitrogen and oxygen atoms in total. The van der Waals surface area contributed by atoms with Crippen molar-refractivity contribution in [2.45, 2.75) is 39.0 Å². The number of aromatic nitrogens is 3. The van der Waals surface area contributed by atoms with Gasteiger partial charge in [-0.15, -0.1) is 5.10 Å². The van der Waals surface area contributed by atoms with Crippen LogP contribution in [0.2, 0.25) is 0 Å². The van der Waals surface area contributed by atoms with Crippen molar-refractivity contribution < 1.29 is 27.8 Å². The van der Waals surface area contributed by atoms with Gasteiger partial charge in [0.2, 0.25) is 0 Å². The maximum atomic E-state index is 15.0. The van der Waals surface area contributed by atoms with Crippen LogP contribution in [-0.4, -0.2) is 58.4 Å². The van der Waals surface area contributed by atoms with Crippen LogP contribution in [0.15, 0.2) is 24.5 Å². The van der Waals surface area contributed by atoms with E-state index in [0.717, 1.165) is 12.1 Å². The maximum Gasteiger partial charge on any atom is 0.414 e.